The molecule has 134 valence electrons. The second-order valence-corrected chi connectivity index (χ2v) is 7.05. The van der Waals surface area contributed by atoms with Crippen LogP contribution in [0.2, 0.25) is 0 Å². The van der Waals surface area contributed by atoms with Crippen molar-refractivity contribution in [1.29, 1.82) is 0 Å². The predicted molar refractivity (Wildman–Crippen MR) is 109 cm³/mol. The van der Waals surface area contributed by atoms with E-state index >= 15 is 0 Å². The highest BCUT2D eigenvalue weighted by atomic mass is 16.5. The Morgan fingerprint density at radius 2 is 1.67 bits per heavy atom. The molecule has 0 spiro atoms. The molecule has 1 atom stereocenters. The van der Waals surface area contributed by atoms with Crippen molar-refractivity contribution in [2.45, 2.75) is 19.1 Å². The fourth-order valence-electron chi connectivity index (χ4n) is 3.97. The second-order valence-electron chi connectivity index (χ2n) is 7.05. The third-order valence-electron chi connectivity index (χ3n) is 5.30. The van der Waals surface area contributed by atoms with E-state index in [1.807, 2.05) is 18.2 Å². The van der Waals surface area contributed by atoms with Gasteiger partial charge in [-0.2, -0.15) is 0 Å². The number of H-pyrrole nitrogens is 1. The average molecular weight is 354 g/mol. The van der Waals surface area contributed by atoms with E-state index in [4.69, 9.17) is 4.74 Å². The first-order valence-electron chi connectivity index (χ1n) is 9.48. The summed E-state index contributed by atoms with van der Waals surface area (Å²) < 4.78 is 6.04. The number of aromatic nitrogens is 1. The van der Waals surface area contributed by atoms with Crippen molar-refractivity contribution in [3.8, 4) is 5.75 Å². The molecule has 0 amide bonds. The molecule has 2 N–H and O–H groups in total. The Kier molecular flexibility index (Phi) is 4.15. The van der Waals surface area contributed by atoms with Gasteiger partial charge in [-0.05, 0) is 41.3 Å². The Balaban J connectivity index is 1.47. The Bertz CT molecular complexity index is 1050. The largest absolute Gasteiger partial charge is 0.489 e. The van der Waals surface area contributed by atoms with Gasteiger partial charge in [-0.15, -0.1) is 0 Å². The monoisotopic (exact) mass is 354 g/mol. The zero-order valence-electron chi connectivity index (χ0n) is 15.1. The maximum atomic E-state index is 6.04. The van der Waals surface area contributed by atoms with E-state index in [9.17, 15) is 0 Å². The van der Waals surface area contributed by atoms with Gasteiger partial charge in [0.1, 0.15) is 12.4 Å². The lowest BCUT2D eigenvalue weighted by molar-refractivity contribution is 0.306. The maximum absolute atomic E-state index is 6.04. The van der Waals surface area contributed by atoms with Gasteiger partial charge in [-0.25, -0.2) is 0 Å². The molecule has 3 aromatic carbocycles. The van der Waals surface area contributed by atoms with Crippen molar-refractivity contribution in [1.82, 2.24) is 10.3 Å². The SMILES string of the molecule is c1ccc(COc2ccc3[nH]c4c(c3c2)CCNC4c2ccccc2)cc1. The van der Waals surface area contributed by atoms with E-state index in [1.165, 1.54) is 33.3 Å². The highest BCUT2D eigenvalue weighted by Gasteiger charge is 2.25. The quantitative estimate of drug-likeness (QED) is 0.542. The zero-order chi connectivity index (χ0) is 18.1. The van der Waals surface area contributed by atoms with Crippen molar-refractivity contribution in [3.63, 3.8) is 0 Å². The molecule has 4 aromatic rings. The molecule has 27 heavy (non-hydrogen) atoms. The van der Waals surface area contributed by atoms with Gasteiger partial charge in [0, 0.05) is 23.1 Å². The standard InChI is InChI=1S/C24H22N2O/c1-3-7-17(8-4-1)16-27-19-11-12-22-21(15-19)20-13-14-25-23(24(20)26-22)18-9-5-2-6-10-18/h1-12,15,23,25-26H,13-14,16H2. The second kappa shape index (κ2) is 6.93. The molecule has 1 unspecified atom stereocenters. The highest BCUT2D eigenvalue weighted by molar-refractivity contribution is 5.86. The molecule has 1 aromatic heterocycles. The maximum Gasteiger partial charge on any atom is 0.120 e. The average Bonchev–Trinajstić information content (AvgIpc) is 3.12. The summed E-state index contributed by atoms with van der Waals surface area (Å²) in [6, 6.07) is 27.5. The fourth-order valence-corrected chi connectivity index (χ4v) is 3.97. The summed E-state index contributed by atoms with van der Waals surface area (Å²) >= 11 is 0. The van der Waals surface area contributed by atoms with Crippen molar-refractivity contribution >= 4 is 10.9 Å². The third kappa shape index (κ3) is 3.11. The van der Waals surface area contributed by atoms with Gasteiger partial charge in [0.2, 0.25) is 0 Å². The number of hydrogen-bond donors (Lipinski definition) is 2. The minimum absolute atomic E-state index is 0.219. The van der Waals surface area contributed by atoms with E-state index < -0.39 is 0 Å². The van der Waals surface area contributed by atoms with Crippen LogP contribution >= 0.6 is 0 Å². The van der Waals surface area contributed by atoms with Crippen LogP contribution in [-0.2, 0) is 13.0 Å². The molecular formula is C24H22N2O. The van der Waals surface area contributed by atoms with Crippen LogP contribution in [-0.4, -0.2) is 11.5 Å². The number of benzene rings is 3. The molecular weight excluding hydrogens is 332 g/mol. The summed E-state index contributed by atoms with van der Waals surface area (Å²) in [4.78, 5) is 3.65. The molecule has 2 heterocycles. The van der Waals surface area contributed by atoms with Gasteiger partial charge in [-0.3, -0.25) is 0 Å². The Morgan fingerprint density at radius 1 is 0.889 bits per heavy atom. The van der Waals surface area contributed by atoms with Crippen LogP contribution in [0, 0.1) is 0 Å². The van der Waals surface area contributed by atoms with Crippen molar-refractivity contribution in [2.75, 3.05) is 6.54 Å². The van der Waals surface area contributed by atoms with Gasteiger partial charge in [0.05, 0.1) is 6.04 Å². The highest BCUT2D eigenvalue weighted by Crippen LogP contribution is 2.35. The van der Waals surface area contributed by atoms with Crippen LogP contribution < -0.4 is 10.1 Å². The normalized spacial score (nSPS) is 16.2. The van der Waals surface area contributed by atoms with Crippen LogP contribution in [0.4, 0.5) is 0 Å². The molecule has 3 heteroatoms. The van der Waals surface area contributed by atoms with E-state index in [0.29, 0.717) is 6.61 Å². The first-order valence-corrected chi connectivity index (χ1v) is 9.48. The van der Waals surface area contributed by atoms with Gasteiger partial charge >= 0.3 is 0 Å². The summed E-state index contributed by atoms with van der Waals surface area (Å²) in [5, 5.41) is 4.93. The summed E-state index contributed by atoms with van der Waals surface area (Å²) in [6.45, 7) is 1.57. The lowest BCUT2D eigenvalue weighted by Crippen LogP contribution is -2.30. The first-order chi connectivity index (χ1) is 13.4. The van der Waals surface area contributed by atoms with Gasteiger partial charge in [0.25, 0.3) is 0 Å². The minimum Gasteiger partial charge on any atom is -0.489 e. The molecule has 0 aliphatic carbocycles. The van der Waals surface area contributed by atoms with Crippen LogP contribution in [0.25, 0.3) is 10.9 Å². The smallest absolute Gasteiger partial charge is 0.120 e. The number of rotatable bonds is 4. The lowest BCUT2D eigenvalue weighted by atomic mass is 9.94. The summed E-state index contributed by atoms with van der Waals surface area (Å²) in [5.74, 6) is 0.919. The zero-order valence-corrected chi connectivity index (χ0v) is 15.1. The number of ether oxygens (including phenoxy) is 1. The van der Waals surface area contributed by atoms with Crippen LogP contribution in [0.1, 0.15) is 28.4 Å². The molecule has 1 aliphatic rings. The van der Waals surface area contributed by atoms with Gasteiger partial charge < -0.3 is 15.0 Å². The molecule has 5 rings (SSSR count). The predicted octanol–water partition coefficient (Wildman–Crippen LogP) is 4.98. The van der Waals surface area contributed by atoms with E-state index in [-0.39, 0.29) is 6.04 Å². The third-order valence-corrected chi connectivity index (χ3v) is 5.30. The molecule has 0 bridgehead atoms. The lowest BCUT2D eigenvalue weighted by Gasteiger charge is -2.24. The number of hydrogen-bond acceptors (Lipinski definition) is 2. The van der Waals surface area contributed by atoms with Gasteiger partial charge in [0.15, 0.2) is 0 Å². The topological polar surface area (TPSA) is 37.0 Å². The number of fused-ring (bicyclic) bond motifs is 3. The molecule has 0 saturated carbocycles. The Morgan fingerprint density at radius 3 is 2.48 bits per heavy atom. The van der Waals surface area contributed by atoms with E-state index in [1.54, 1.807) is 0 Å². The van der Waals surface area contributed by atoms with E-state index in [2.05, 4.69) is 71.0 Å². The Hall–Kier alpha value is -3.04. The first kappa shape index (κ1) is 16.2. The summed E-state index contributed by atoms with van der Waals surface area (Å²) in [7, 11) is 0. The van der Waals surface area contributed by atoms with Crippen LogP contribution in [0.3, 0.4) is 0 Å². The summed E-state index contributed by atoms with van der Waals surface area (Å²) in [5.41, 5.74) is 6.34. The van der Waals surface area contributed by atoms with Crippen molar-refractivity contribution in [3.05, 3.63) is 101 Å². The Labute approximate surface area is 159 Å². The molecule has 0 radical (unpaired) electrons. The fraction of sp³-hybridized carbons (Fsp3) is 0.167. The van der Waals surface area contributed by atoms with Crippen molar-refractivity contribution in [2.24, 2.45) is 0 Å². The summed E-state index contributed by atoms with van der Waals surface area (Å²) in [6.07, 6.45) is 1.03. The van der Waals surface area contributed by atoms with Crippen LogP contribution in [0.15, 0.2) is 78.9 Å². The molecule has 0 fully saturated rings. The number of nitrogens with one attached hydrogen (secondary N) is 2. The molecule has 0 saturated heterocycles. The van der Waals surface area contributed by atoms with E-state index in [0.717, 1.165) is 18.7 Å². The van der Waals surface area contributed by atoms with Crippen LogP contribution in [0.5, 0.6) is 5.75 Å². The van der Waals surface area contributed by atoms with Crippen molar-refractivity contribution < 1.29 is 4.74 Å². The number of aromatic amines is 1. The molecule has 1 aliphatic heterocycles. The van der Waals surface area contributed by atoms with Gasteiger partial charge in [-0.1, -0.05) is 60.7 Å². The molecule has 3 nitrogen and oxygen atoms in total. The minimum atomic E-state index is 0.219.